The van der Waals surface area contributed by atoms with Crippen molar-refractivity contribution in [2.45, 2.75) is 38.8 Å². The van der Waals surface area contributed by atoms with Crippen LogP contribution in [0.5, 0.6) is 0 Å². The van der Waals surface area contributed by atoms with Gasteiger partial charge in [0.2, 0.25) is 0 Å². The Labute approximate surface area is 128 Å². The van der Waals surface area contributed by atoms with Crippen molar-refractivity contribution in [1.82, 2.24) is 4.90 Å². The van der Waals surface area contributed by atoms with Gasteiger partial charge in [0.15, 0.2) is 0 Å². The van der Waals surface area contributed by atoms with Crippen molar-refractivity contribution < 1.29 is 18.7 Å². The van der Waals surface area contributed by atoms with Gasteiger partial charge in [-0.25, -0.2) is 9.18 Å². The van der Waals surface area contributed by atoms with E-state index in [0.717, 1.165) is 11.0 Å². The van der Waals surface area contributed by atoms with Gasteiger partial charge in [0.05, 0.1) is 0 Å². The van der Waals surface area contributed by atoms with E-state index in [1.54, 1.807) is 20.8 Å². The highest BCUT2D eigenvalue weighted by molar-refractivity contribution is 6.30. The van der Waals surface area contributed by atoms with Gasteiger partial charge >= 0.3 is 6.09 Å². The third kappa shape index (κ3) is 3.94. The zero-order chi connectivity index (χ0) is 16.4. The number of nitrogens with zero attached hydrogens (tertiary/aromatic N) is 1. The van der Waals surface area contributed by atoms with Gasteiger partial charge in [0.25, 0.3) is 0 Å². The van der Waals surface area contributed by atoms with Crippen LogP contribution in [0.3, 0.4) is 0 Å². The lowest BCUT2D eigenvalue weighted by atomic mass is 9.91. The molecule has 0 saturated carbocycles. The summed E-state index contributed by atoms with van der Waals surface area (Å²) in [6.45, 7) is 6.55. The lowest BCUT2D eigenvalue weighted by molar-refractivity contribution is -0.117. The maximum Gasteiger partial charge on any atom is 0.411 e. The van der Waals surface area contributed by atoms with Crippen molar-refractivity contribution in [3.63, 3.8) is 0 Å². The molecule has 0 spiro atoms. The van der Waals surface area contributed by atoms with E-state index in [1.807, 2.05) is 0 Å². The summed E-state index contributed by atoms with van der Waals surface area (Å²) in [5.74, 6) is -0.621. The first-order valence-corrected chi connectivity index (χ1v) is 6.78. The average Bonchev–Trinajstić information content (AvgIpc) is 2.37. The summed E-state index contributed by atoms with van der Waals surface area (Å²) >= 11 is 5.85. The normalized spacial score (nSPS) is 14.2. The summed E-state index contributed by atoms with van der Waals surface area (Å²) in [5, 5.41) is 0.275. The van der Waals surface area contributed by atoms with Gasteiger partial charge < -0.3 is 9.53 Å². The monoisotopic (exact) mass is 315 g/mol. The number of benzene rings is 1. The zero-order valence-corrected chi connectivity index (χ0v) is 13.5. The van der Waals surface area contributed by atoms with Crippen LogP contribution >= 0.6 is 11.6 Å². The number of halogens is 2. The SMILES string of the molecule is CN(C(=O)OC(C)(C)C)C(C)(C=O)c1cc(Cl)ccc1F. The first kappa shape index (κ1) is 17.4. The molecule has 0 fully saturated rings. The lowest BCUT2D eigenvalue weighted by Gasteiger charge is -2.35. The Hall–Kier alpha value is -1.62. The number of hydrogen-bond acceptors (Lipinski definition) is 3. The van der Waals surface area contributed by atoms with E-state index >= 15 is 0 Å². The smallest absolute Gasteiger partial charge is 0.411 e. The molecule has 1 rings (SSSR count). The molecule has 6 heteroatoms. The second-order valence-corrected chi connectivity index (χ2v) is 6.37. The Bertz CT molecular complexity index is 556. The molecule has 116 valence electrons. The predicted octanol–water partition coefficient (Wildman–Crippen LogP) is 3.76. The standard InChI is InChI=1S/C15H19ClFNO3/c1-14(2,3)21-13(20)18(5)15(4,9-19)11-8-10(16)6-7-12(11)17/h6-9H,1-5H3. The maximum atomic E-state index is 14.0. The van der Waals surface area contributed by atoms with Crippen molar-refractivity contribution in [2.75, 3.05) is 7.05 Å². The van der Waals surface area contributed by atoms with Gasteiger partial charge in [0, 0.05) is 17.6 Å². The van der Waals surface area contributed by atoms with Crippen LogP contribution in [0.4, 0.5) is 9.18 Å². The molecule has 0 radical (unpaired) electrons. The molecule has 21 heavy (non-hydrogen) atoms. The molecule has 1 amide bonds. The minimum atomic E-state index is -1.52. The van der Waals surface area contributed by atoms with Crippen molar-refractivity contribution in [3.8, 4) is 0 Å². The lowest BCUT2D eigenvalue weighted by Crippen LogP contribution is -2.48. The van der Waals surface area contributed by atoms with Crippen LogP contribution < -0.4 is 0 Å². The van der Waals surface area contributed by atoms with Crippen molar-refractivity contribution in [1.29, 1.82) is 0 Å². The molecule has 1 atom stereocenters. The molecule has 0 aromatic heterocycles. The Morgan fingerprint density at radius 1 is 1.33 bits per heavy atom. The molecule has 1 aromatic rings. The molecule has 1 aromatic carbocycles. The molecule has 0 aliphatic rings. The van der Waals surface area contributed by atoms with Crippen molar-refractivity contribution in [3.05, 3.63) is 34.6 Å². The van der Waals surface area contributed by atoms with Gasteiger partial charge in [-0.3, -0.25) is 4.90 Å². The largest absolute Gasteiger partial charge is 0.444 e. The van der Waals surface area contributed by atoms with Crippen LogP contribution in [-0.2, 0) is 15.1 Å². The summed E-state index contributed by atoms with van der Waals surface area (Å²) < 4.78 is 19.2. The summed E-state index contributed by atoms with van der Waals surface area (Å²) in [7, 11) is 1.38. The zero-order valence-electron chi connectivity index (χ0n) is 12.7. The second kappa shape index (κ2) is 6.02. The van der Waals surface area contributed by atoms with Crippen LogP contribution in [0.15, 0.2) is 18.2 Å². The predicted molar refractivity (Wildman–Crippen MR) is 78.8 cm³/mol. The van der Waals surface area contributed by atoms with Gasteiger partial charge in [-0.1, -0.05) is 11.6 Å². The highest BCUT2D eigenvalue weighted by atomic mass is 35.5. The molecule has 0 aliphatic carbocycles. The van der Waals surface area contributed by atoms with Gasteiger partial charge in [-0.15, -0.1) is 0 Å². The molecule has 4 nitrogen and oxygen atoms in total. The topological polar surface area (TPSA) is 46.6 Å². The summed E-state index contributed by atoms with van der Waals surface area (Å²) in [6.07, 6.45) is -0.234. The molecule has 1 unspecified atom stereocenters. The summed E-state index contributed by atoms with van der Waals surface area (Å²) in [6, 6.07) is 3.85. The first-order valence-electron chi connectivity index (χ1n) is 6.40. The van der Waals surface area contributed by atoms with E-state index < -0.39 is 23.1 Å². The number of hydrogen-bond donors (Lipinski definition) is 0. The fourth-order valence-corrected chi connectivity index (χ4v) is 1.90. The van der Waals surface area contributed by atoms with Crippen LogP contribution in [0, 0.1) is 5.82 Å². The third-order valence-electron chi connectivity index (χ3n) is 3.07. The minimum absolute atomic E-state index is 0.0124. The Morgan fingerprint density at radius 3 is 2.38 bits per heavy atom. The highest BCUT2D eigenvalue weighted by Gasteiger charge is 2.38. The quantitative estimate of drug-likeness (QED) is 0.798. The number of ether oxygens (including phenoxy) is 1. The molecule has 0 N–H and O–H groups in total. The Morgan fingerprint density at radius 2 is 1.90 bits per heavy atom. The number of carbonyl (C=O) groups is 2. The van der Waals surface area contributed by atoms with Gasteiger partial charge in [-0.05, 0) is 45.9 Å². The van der Waals surface area contributed by atoms with Crippen molar-refractivity contribution >= 4 is 24.0 Å². The summed E-state index contributed by atoms with van der Waals surface area (Å²) in [5.41, 5.74) is -2.22. The van der Waals surface area contributed by atoms with Gasteiger partial charge in [-0.2, -0.15) is 0 Å². The molecule has 0 bridgehead atoms. The number of rotatable bonds is 3. The van der Waals surface area contributed by atoms with Gasteiger partial charge in [0.1, 0.15) is 23.2 Å². The molecule has 0 aliphatic heterocycles. The number of aldehydes is 1. The first-order chi connectivity index (χ1) is 9.51. The van der Waals surface area contributed by atoms with Crippen molar-refractivity contribution in [2.24, 2.45) is 0 Å². The number of carbonyl (C=O) groups excluding carboxylic acids is 2. The van der Waals surface area contributed by atoms with Crippen LogP contribution in [0.25, 0.3) is 0 Å². The number of amides is 1. The van der Waals surface area contributed by atoms with E-state index in [4.69, 9.17) is 16.3 Å². The van der Waals surface area contributed by atoms with E-state index in [9.17, 15) is 14.0 Å². The third-order valence-corrected chi connectivity index (χ3v) is 3.30. The van der Waals surface area contributed by atoms with E-state index in [1.165, 1.54) is 26.1 Å². The molecule has 0 heterocycles. The summed E-state index contributed by atoms with van der Waals surface area (Å²) in [4.78, 5) is 24.7. The molecular weight excluding hydrogens is 297 g/mol. The Kier molecular flexibility index (Phi) is 4.99. The van der Waals surface area contributed by atoms with E-state index in [-0.39, 0.29) is 10.6 Å². The maximum absolute atomic E-state index is 14.0. The molecule has 0 saturated heterocycles. The minimum Gasteiger partial charge on any atom is -0.444 e. The van der Waals surface area contributed by atoms with Crippen LogP contribution in [0.1, 0.15) is 33.3 Å². The molecular formula is C15H19ClFNO3. The highest BCUT2D eigenvalue weighted by Crippen LogP contribution is 2.30. The van der Waals surface area contributed by atoms with Crippen LogP contribution in [0.2, 0.25) is 5.02 Å². The average molecular weight is 316 g/mol. The fraction of sp³-hybridized carbons (Fsp3) is 0.467. The van der Waals surface area contributed by atoms with Crippen LogP contribution in [-0.4, -0.2) is 29.9 Å². The van der Waals surface area contributed by atoms with E-state index in [2.05, 4.69) is 0 Å². The fourth-order valence-electron chi connectivity index (χ4n) is 1.73. The second-order valence-electron chi connectivity index (χ2n) is 5.93. The van der Waals surface area contributed by atoms with E-state index in [0.29, 0.717) is 6.29 Å². The number of likely N-dealkylation sites (N-methyl/N-ethyl adjacent to an activating group) is 1. The Balaban J connectivity index is 3.23.